The van der Waals surface area contributed by atoms with E-state index in [1.807, 2.05) is 6.92 Å². The van der Waals surface area contributed by atoms with E-state index in [2.05, 4.69) is 5.32 Å². The molecule has 0 radical (unpaired) electrons. The van der Waals surface area contributed by atoms with Crippen LogP contribution in [0.4, 0.5) is 5.69 Å². The van der Waals surface area contributed by atoms with Gasteiger partial charge >= 0.3 is 0 Å². The minimum atomic E-state index is -0.636. The van der Waals surface area contributed by atoms with Crippen LogP contribution in [-0.2, 0) is 16.0 Å². The van der Waals surface area contributed by atoms with Gasteiger partial charge in [-0.05, 0) is 42.8 Å². The van der Waals surface area contributed by atoms with E-state index >= 15 is 0 Å². The Morgan fingerprint density at radius 3 is 2.85 bits per heavy atom. The monoisotopic (exact) mass is 388 g/mol. The van der Waals surface area contributed by atoms with E-state index in [0.29, 0.717) is 35.2 Å². The molecule has 6 nitrogen and oxygen atoms in total. The SMILES string of the molecule is CCN(CC(=O)Nc1cccc(OC)c1)C(=O)[C@H]1Cc2cc(Cl)ccc2O1. The summed E-state index contributed by atoms with van der Waals surface area (Å²) >= 11 is 6.00. The van der Waals surface area contributed by atoms with Crippen molar-refractivity contribution >= 4 is 29.1 Å². The van der Waals surface area contributed by atoms with Gasteiger partial charge in [0, 0.05) is 29.7 Å². The molecule has 0 saturated heterocycles. The average molecular weight is 389 g/mol. The van der Waals surface area contributed by atoms with Crippen LogP contribution in [0.3, 0.4) is 0 Å². The Hall–Kier alpha value is -2.73. The molecule has 27 heavy (non-hydrogen) atoms. The predicted octanol–water partition coefficient (Wildman–Crippen LogP) is 3.14. The molecule has 1 atom stereocenters. The number of amides is 2. The second kappa shape index (κ2) is 8.31. The second-order valence-corrected chi connectivity index (χ2v) is 6.63. The number of benzene rings is 2. The van der Waals surface area contributed by atoms with Crippen molar-refractivity contribution < 1.29 is 19.1 Å². The fraction of sp³-hybridized carbons (Fsp3) is 0.300. The van der Waals surface area contributed by atoms with Gasteiger partial charge in [0.2, 0.25) is 5.91 Å². The lowest BCUT2D eigenvalue weighted by Gasteiger charge is -2.23. The van der Waals surface area contributed by atoms with Gasteiger partial charge in [0.1, 0.15) is 11.5 Å². The number of rotatable bonds is 6. The van der Waals surface area contributed by atoms with Gasteiger partial charge in [0.05, 0.1) is 13.7 Å². The van der Waals surface area contributed by atoms with E-state index in [9.17, 15) is 9.59 Å². The van der Waals surface area contributed by atoms with Gasteiger partial charge in [-0.15, -0.1) is 0 Å². The Labute approximate surface area is 163 Å². The Bertz CT molecular complexity index is 856. The van der Waals surface area contributed by atoms with Crippen LogP contribution >= 0.6 is 11.6 Å². The average Bonchev–Trinajstić information content (AvgIpc) is 3.08. The maximum atomic E-state index is 12.8. The van der Waals surface area contributed by atoms with Crippen LogP contribution < -0.4 is 14.8 Å². The minimum Gasteiger partial charge on any atom is -0.497 e. The Balaban J connectivity index is 1.61. The molecule has 3 rings (SSSR count). The molecule has 0 aromatic heterocycles. The summed E-state index contributed by atoms with van der Waals surface area (Å²) in [6, 6.07) is 12.3. The smallest absolute Gasteiger partial charge is 0.264 e. The van der Waals surface area contributed by atoms with Gasteiger partial charge in [-0.1, -0.05) is 17.7 Å². The third-order valence-corrected chi connectivity index (χ3v) is 4.59. The predicted molar refractivity (Wildman–Crippen MR) is 103 cm³/mol. The number of anilines is 1. The lowest BCUT2D eigenvalue weighted by atomic mass is 10.1. The molecule has 0 aliphatic carbocycles. The van der Waals surface area contributed by atoms with Crippen molar-refractivity contribution in [1.82, 2.24) is 4.90 Å². The highest BCUT2D eigenvalue weighted by atomic mass is 35.5. The van der Waals surface area contributed by atoms with Crippen LogP contribution in [0.2, 0.25) is 5.02 Å². The van der Waals surface area contributed by atoms with Gasteiger partial charge in [-0.2, -0.15) is 0 Å². The molecule has 2 amide bonds. The van der Waals surface area contributed by atoms with Crippen molar-refractivity contribution in [2.24, 2.45) is 0 Å². The number of fused-ring (bicyclic) bond motifs is 1. The molecule has 0 fully saturated rings. The number of carbonyl (C=O) groups excluding carboxylic acids is 2. The summed E-state index contributed by atoms with van der Waals surface area (Å²) < 4.78 is 10.9. The van der Waals surface area contributed by atoms with Gasteiger partial charge in [0.15, 0.2) is 6.10 Å². The van der Waals surface area contributed by atoms with Crippen molar-refractivity contribution in [2.75, 3.05) is 25.5 Å². The number of hydrogen-bond donors (Lipinski definition) is 1. The lowest BCUT2D eigenvalue weighted by molar-refractivity contribution is -0.140. The first-order chi connectivity index (χ1) is 13.0. The van der Waals surface area contributed by atoms with E-state index in [-0.39, 0.29) is 18.4 Å². The molecule has 142 valence electrons. The maximum Gasteiger partial charge on any atom is 0.264 e. The van der Waals surface area contributed by atoms with Gasteiger partial charge < -0.3 is 19.7 Å². The summed E-state index contributed by atoms with van der Waals surface area (Å²) in [5.41, 5.74) is 1.51. The summed E-state index contributed by atoms with van der Waals surface area (Å²) in [6.45, 7) is 2.18. The summed E-state index contributed by atoms with van der Waals surface area (Å²) in [5, 5.41) is 3.39. The molecule has 2 aromatic rings. The van der Waals surface area contributed by atoms with Crippen molar-refractivity contribution in [3.05, 3.63) is 53.1 Å². The van der Waals surface area contributed by atoms with Crippen LogP contribution in [0.1, 0.15) is 12.5 Å². The Morgan fingerprint density at radius 2 is 2.11 bits per heavy atom. The normalized spacial score (nSPS) is 14.9. The molecular formula is C20H21ClN2O4. The molecule has 7 heteroatoms. The molecule has 2 aromatic carbocycles. The van der Waals surface area contributed by atoms with Crippen LogP contribution in [-0.4, -0.2) is 43.0 Å². The van der Waals surface area contributed by atoms with Gasteiger partial charge in [0.25, 0.3) is 5.91 Å². The first-order valence-corrected chi connectivity index (χ1v) is 9.05. The fourth-order valence-electron chi connectivity index (χ4n) is 2.98. The molecule has 0 saturated carbocycles. The van der Waals surface area contributed by atoms with Crippen LogP contribution in [0, 0.1) is 0 Å². The molecule has 0 spiro atoms. The molecule has 0 bridgehead atoms. The molecule has 1 N–H and O–H groups in total. The first-order valence-electron chi connectivity index (χ1n) is 8.68. The zero-order valence-electron chi connectivity index (χ0n) is 15.2. The van der Waals surface area contributed by atoms with E-state index < -0.39 is 6.10 Å². The summed E-state index contributed by atoms with van der Waals surface area (Å²) in [6.07, 6.45) is -0.189. The molecule has 1 heterocycles. The number of methoxy groups -OCH3 is 1. The number of nitrogens with zero attached hydrogens (tertiary/aromatic N) is 1. The van der Waals surface area contributed by atoms with E-state index in [1.54, 1.807) is 49.6 Å². The lowest BCUT2D eigenvalue weighted by Crippen LogP contribution is -2.44. The molecular weight excluding hydrogens is 368 g/mol. The summed E-state index contributed by atoms with van der Waals surface area (Å²) in [5.74, 6) is 0.810. The maximum absolute atomic E-state index is 12.8. The summed E-state index contributed by atoms with van der Waals surface area (Å²) in [4.78, 5) is 26.6. The zero-order valence-corrected chi connectivity index (χ0v) is 16.0. The number of ether oxygens (including phenoxy) is 2. The number of halogens is 1. The quantitative estimate of drug-likeness (QED) is 0.825. The largest absolute Gasteiger partial charge is 0.497 e. The van der Waals surface area contributed by atoms with E-state index in [4.69, 9.17) is 21.1 Å². The number of hydrogen-bond acceptors (Lipinski definition) is 4. The third kappa shape index (κ3) is 4.52. The second-order valence-electron chi connectivity index (χ2n) is 6.20. The van der Waals surface area contributed by atoms with Crippen molar-refractivity contribution in [1.29, 1.82) is 0 Å². The topological polar surface area (TPSA) is 67.9 Å². The minimum absolute atomic E-state index is 0.0521. The highest BCUT2D eigenvalue weighted by molar-refractivity contribution is 6.30. The Kier molecular flexibility index (Phi) is 5.86. The zero-order chi connectivity index (χ0) is 19.4. The van der Waals surface area contributed by atoms with Crippen LogP contribution in [0.15, 0.2) is 42.5 Å². The van der Waals surface area contributed by atoms with Gasteiger partial charge in [-0.3, -0.25) is 9.59 Å². The molecule has 1 aliphatic heterocycles. The molecule has 1 aliphatic rings. The fourth-order valence-corrected chi connectivity index (χ4v) is 3.17. The molecule has 0 unspecified atom stereocenters. The third-order valence-electron chi connectivity index (χ3n) is 4.35. The highest BCUT2D eigenvalue weighted by Crippen LogP contribution is 2.31. The van der Waals surface area contributed by atoms with E-state index in [0.717, 1.165) is 5.56 Å². The number of carbonyl (C=O) groups is 2. The number of likely N-dealkylation sites (N-methyl/N-ethyl adjacent to an activating group) is 1. The van der Waals surface area contributed by atoms with Gasteiger partial charge in [-0.25, -0.2) is 0 Å². The first kappa shape index (κ1) is 19.0. The van der Waals surface area contributed by atoms with Crippen LogP contribution in [0.25, 0.3) is 0 Å². The Morgan fingerprint density at radius 1 is 1.30 bits per heavy atom. The van der Waals surface area contributed by atoms with Crippen molar-refractivity contribution in [3.8, 4) is 11.5 Å². The van der Waals surface area contributed by atoms with Crippen LogP contribution in [0.5, 0.6) is 11.5 Å². The van der Waals surface area contributed by atoms with E-state index in [1.165, 1.54) is 4.90 Å². The van der Waals surface area contributed by atoms with Crippen molar-refractivity contribution in [2.45, 2.75) is 19.4 Å². The standard InChI is InChI=1S/C20H21ClN2O4/c1-3-23(12-19(24)22-15-5-4-6-16(11-15)26-2)20(25)18-10-13-9-14(21)7-8-17(13)27-18/h4-9,11,18H,3,10,12H2,1-2H3,(H,22,24)/t18-/m1/s1. The highest BCUT2D eigenvalue weighted by Gasteiger charge is 2.32. The van der Waals surface area contributed by atoms with Crippen molar-refractivity contribution in [3.63, 3.8) is 0 Å². The summed E-state index contributed by atoms with van der Waals surface area (Å²) in [7, 11) is 1.56. The number of nitrogens with one attached hydrogen (secondary N) is 1.